The first-order valence-electron chi connectivity index (χ1n) is 9.26. The number of carbonyl (C=O) groups is 2. The topological polar surface area (TPSA) is 58.6 Å². The summed E-state index contributed by atoms with van der Waals surface area (Å²) in [5, 5.41) is 2.96. The van der Waals surface area contributed by atoms with Crippen molar-refractivity contribution in [1.82, 2.24) is 10.2 Å². The molecule has 1 unspecified atom stereocenters. The minimum Gasteiger partial charge on any atom is -0.379 e. The second-order valence-electron chi connectivity index (χ2n) is 7.16. The molecule has 5 nitrogen and oxygen atoms in total. The Morgan fingerprint density at radius 2 is 1.96 bits per heavy atom. The van der Waals surface area contributed by atoms with Crippen molar-refractivity contribution in [3.05, 3.63) is 0 Å². The molecular weight excluding hydrogens is 292 g/mol. The first-order valence-corrected chi connectivity index (χ1v) is 9.26. The summed E-state index contributed by atoms with van der Waals surface area (Å²) in [4.78, 5) is 26.5. The molecular formula is C18H32N2O3. The second-order valence-corrected chi connectivity index (χ2v) is 7.16. The maximum absolute atomic E-state index is 12.3. The van der Waals surface area contributed by atoms with Crippen molar-refractivity contribution in [3.63, 3.8) is 0 Å². The van der Waals surface area contributed by atoms with Crippen LogP contribution in [0.5, 0.6) is 0 Å². The van der Waals surface area contributed by atoms with Crippen molar-refractivity contribution in [3.8, 4) is 0 Å². The average molecular weight is 324 g/mol. The molecule has 1 saturated heterocycles. The van der Waals surface area contributed by atoms with Gasteiger partial charge in [-0.25, -0.2) is 0 Å². The SMILES string of the molecule is CC(C)OCCCNC(=O)C1CC(=O)N(C2CCCCCC2)C1. The third-order valence-electron chi connectivity index (χ3n) is 4.87. The molecule has 0 radical (unpaired) electrons. The molecule has 0 bridgehead atoms. The van der Waals surface area contributed by atoms with E-state index in [2.05, 4.69) is 5.32 Å². The Balaban J connectivity index is 1.72. The van der Waals surface area contributed by atoms with Gasteiger partial charge in [-0.2, -0.15) is 0 Å². The summed E-state index contributed by atoms with van der Waals surface area (Å²) in [5.41, 5.74) is 0. The van der Waals surface area contributed by atoms with E-state index in [1.807, 2.05) is 18.7 Å². The number of rotatable bonds is 7. The highest BCUT2D eigenvalue weighted by Crippen LogP contribution is 2.28. The molecule has 2 rings (SSSR count). The van der Waals surface area contributed by atoms with Gasteiger partial charge in [0.1, 0.15) is 0 Å². The molecule has 0 aromatic carbocycles. The van der Waals surface area contributed by atoms with E-state index < -0.39 is 0 Å². The zero-order valence-corrected chi connectivity index (χ0v) is 14.7. The van der Waals surface area contributed by atoms with Crippen LogP contribution in [0.1, 0.15) is 65.2 Å². The lowest BCUT2D eigenvalue weighted by Crippen LogP contribution is -2.38. The Bertz CT molecular complexity index is 390. The normalized spacial score (nSPS) is 23.3. The van der Waals surface area contributed by atoms with E-state index in [1.165, 1.54) is 25.7 Å². The molecule has 2 fully saturated rings. The molecule has 1 N–H and O–H groups in total. The van der Waals surface area contributed by atoms with Gasteiger partial charge in [-0.1, -0.05) is 25.7 Å². The van der Waals surface area contributed by atoms with Crippen molar-refractivity contribution >= 4 is 11.8 Å². The summed E-state index contributed by atoms with van der Waals surface area (Å²) in [5.74, 6) is 0.0241. The van der Waals surface area contributed by atoms with Crippen LogP contribution in [0.2, 0.25) is 0 Å². The molecule has 1 aliphatic carbocycles. The predicted molar refractivity (Wildman–Crippen MR) is 90.0 cm³/mol. The smallest absolute Gasteiger partial charge is 0.225 e. The third-order valence-corrected chi connectivity index (χ3v) is 4.87. The summed E-state index contributed by atoms with van der Waals surface area (Å²) in [6.45, 7) is 5.91. The van der Waals surface area contributed by atoms with Gasteiger partial charge in [-0.3, -0.25) is 9.59 Å². The van der Waals surface area contributed by atoms with Gasteiger partial charge < -0.3 is 15.0 Å². The van der Waals surface area contributed by atoms with Gasteiger partial charge in [-0.05, 0) is 33.1 Å². The van der Waals surface area contributed by atoms with Gasteiger partial charge in [-0.15, -0.1) is 0 Å². The van der Waals surface area contributed by atoms with E-state index in [-0.39, 0.29) is 23.8 Å². The molecule has 0 aromatic heterocycles. The minimum absolute atomic E-state index is 0.0269. The quantitative estimate of drug-likeness (QED) is 0.578. The zero-order valence-electron chi connectivity index (χ0n) is 14.7. The first-order chi connectivity index (χ1) is 11.1. The maximum atomic E-state index is 12.3. The average Bonchev–Trinajstić information content (AvgIpc) is 2.73. The van der Waals surface area contributed by atoms with Gasteiger partial charge in [0.25, 0.3) is 0 Å². The number of likely N-dealkylation sites (tertiary alicyclic amines) is 1. The lowest BCUT2D eigenvalue weighted by molar-refractivity contribution is -0.130. The Hall–Kier alpha value is -1.10. The lowest BCUT2D eigenvalue weighted by Gasteiger charge is -2.27. The standard InChI is InChI=1S/C18H32N2O3/c1-14(2)23-11-7-10-19-18(22)15-12-17(21)20(13-15)16-8-5-3-4-6-9-16/h14-16H,3-13H2,1-2H3,(H,19,22). The van der Waals surface area contributed by atoms with Crippen molar-refractivity contribution in [2.45, 2.75) is 77.4 Å². The summed E-state index contributed by atoms with van der Waals surface area (Å²) in [6.07, 6.45) is 8.61. The number of hydrogen-bond acceptors (Lipinski definition) is 3. The van der Waals surface area contributed by atoms with E-state index >= 15 is 0 Å². The van der Waals surface area contributed by atoms with Gasteiger partial charge in [0, 0.05) is 32.2 Å². The van der Waals surface area contributed by atoms with E-state index in [4.69, 9.17) is 4.74 Å². The molecule has 1 aliphatic heterocycles. The number of ether oxygens (including phenoxy) is 1. The van der Waals surface area contributed by atoms with Crippen LogP contribution in [0.4, 0.5) is 0 Å². The van der Waals surface area contributed by atoms with Crippen LogP contribution in [0.3, 0.4) is 0 Å². The van der Waals surface area contributed by atoms with Crippen LogP contribution >= 0.6 is 0 Å². The van der Waals surface area contributed by atoms with Crippen LogP contribution in [0.25, 0.3) is 0 Å². The Morgan fingerprint density at radius 1 is 1.26 bits per heavy atom. The molecule has 132 valence electrons. The van der Waals surface area contributed by atoms with Crippen LogP contribution < -0.4 is 5.32 Å². The summed E-state index contributed by atoms with van der Waals surface area (Å²) < 4.78 is 5.46. The van der Waals surface area contributed by atoms with E-state index in [9.17, 15) is 9.59 Å². The van der Waals surface area contributed by atoms with Crippen LogP contribution in [-0.2, 0) is 14.3 Å². The van der Waals surface area contributed by atoms with Crippen LogP contribution in [-0.4, -0.2) is 48.6 Å². The minimum atomic E-state index is -0.170. The molecule has 0 spiro atoms. The number of amides is 2. The monoisotopic (exact) mass is 324 g/mol. The molecule has 23 heavy (non-hydrogen) atoms. The predicted octanol–water partition coefficient (Wildman–Crippen LogP) is 2.49. The van der Waals surface area contributed by atoms with Crippen molar-refractivity contribution in [2.24, 2.45) is 5.92 Å². The van der Waals surface area contributed by atoms with Gasteiger partial charge in [0.2, 0.25) is 11.8 Å². The number of carbonyl (C=O) groups excluding carboxylic acids is 2. The lowest BCUT2D eigenvalue weighted by atomic mass is 10.1. The van der Waals surface area contributed by atoms with Crippen molar-refractivity contribution in [2.75, 3.05) is 19.7 Å². The molecule has 0 aromatic rings. The molecule has 1 heterocycles. The largest absolute Gasteiger partial charge is 0.379 e. The Morgan fingerprint density at radius 3 is 2.61 bits per heavy atom. The highest BCUT2D eigenvalue weighted by Gasteiger charge is 2.37. The van der Waals surface area contributed by atoms with Gasteiger partial charge in [0.15, 0.2) is 0 Å². The Kier molecular flexibility index (Phi) is 7.34. The fraction of sp³-hybridized carbons (Fsp3) is 0.889. The van der Waals surface area contributed by atoms with Crippen LogP contribution in [0, 0.1) is 5.92 Å². The number of hydrogen-bond donors (Lipinski definition) is 1. The molecule has 1 saturated carbocycles. The van der Waals surface area contributed by atoms with E-state index in [0.717, 1.165) is 19.3 Å². The fourth-order valence-electron chi connectivity index (χ4n) is 3.58. The van der Waals surface area contributed by atoms with E-state index in [0.29, 0.717) is 32.2 Å². The van der Waals surface area contributed by atoms with Gasteiger partial charge >= 0.3 is 0 Å². The fourth-order valence-corrected chi connectivity index (χ4v) is 3.58. The van der Waals surface area contributed by atoms with Gasteiger partial charge in [0.05, 0.1) is 12.0 Å². The molecule has 1 atom stereocenters. The second kappa shape index (κ2) is 9.26. The zero-order chi connectivity index (χ0) is 16.7. The number of nitrogens with one attached hydrogen (secondary N) is 1. The van der Waals surface area contributed by atoms with E-state index in [1.54, 1.807) is 0 Å². The summed E-state index contributed by atoms with van der Waals surface area (Å²) in [7, 11) is 0. The summed E-state index contributed by atoms with van der Waals surface area (Å²) in [6, 6.07) is 0.363. The Labute approximate surface area is 140 Å². The highest BCUT2D eigenvalue weighted by atomic mass is 16.5. The number of nitrogens with zero attached hydrogens (tertiary/aromatic N) is 1. The first kappa shape index (κ1) is 18.2. The maximum Gasteiger partial charge on any atom is 0.225 e. The molecule has 5 heteroatoms. The summed E-state index contributed by atoms with van der Waals surface area (Å²) >= 11 is 0. The van der Waals surface area contributed by atoms with Crippen molar-refractivity contribution in [1.29, 1.82) is 0 Å². The highest BCUT2D eigenvalue weighted by molar-refractivity contribution is 5.89. The molecule has 2 amide bonds. The third kappa shape index (κ3) is 5.79. The van der Waals surface area contributed by atoms with Crippen LogP contribution in [0.15, 0.2) is 0 Å². The molecule has 2 aliphatic rings. The van der Waals surface area contributed by atoms with Crippen molar-refractivity contribution < 1.29 is 14.3 Å².